The second kappa shape index (κ2) is 6.35. The number of nitrogens with zero attached hydrogens (tertiary/aromatic N) is 4. The van der Waals surface area contributed by atoms with E-state index < -0.39 is 0 Å². The molecule has 4 rings (SSSR count). The number of hydrogen-bond acceptors (Lipinski definition) is 4. The number of benzene rings is 1. The predicted molar refractivity (Wildman–Crippen MR) is 91.2 cm³/mol. The van der Waals surface area contributed by atoms with Crippen LogP contribution in [0.4, 0.5) is 10.2 Å². The molecule has 1 aliphatic rings. The molecule has 4 nitrogen and oxygen atoms in total. The van der Waals surface area contributed by atoms with Crippen molar-refractivity contribution in [1.82, 2.24) is 15.0 Å². The molecule has 3 heterocycles. The molecule has 0 amide bonds. The van der Waals surface area contributed by atoms with Crippen LogP contribution in [-0.2, 0) is 0 Å². The Morgan fingerprint density at radius 3 is 2.58 bits per heavy atom. The van der Waals surface area contributed by atoms with E-state index in [1.165, 1.54) is 6.33 Å². The van der Waals surface area contributed by atoms with E-state index in [0.717, 1.165) is 30.8 Å². The Bertz CT molecular complexity index is 823. The Labute approximate surface area is 140 Å². The van der Waals surface area contributed by atoms with Gasteiger partial charge in [-0.3, -0.25) is 4.98 Å². The van der Waals surface area contributed by atoms with Crippen molar-refractivity contribution in [2.75, 3.05) is 18.0 Å². The first-order valence-corrected chi connectivity index (χ1v) is 8.04. The van der Waals surface area contributed by atoms with Gasteiger partial charge in [0.1, 0.15) is 12.0 Å². The van der Waals surface area contributed by atoms with Crippen LogP contribution in [0, 0.1) is 5.82 Å². The van der Waals surface area contributed by atoms with Crippen molar-refractivity contribution < 1.29 is 4.39 Å². The zero-order chi connectivity index (χ0) is 16.4. The molecule has 120 valence electrons. The van der Waals surface area contributed by atoms with Crippen LogP contribution in [0.15, 0.2) is 61.1 Å². The van der Waals surface area contributed by atoms with Crippen LogP contribution in [0.25, 0.3) is 11.3 Å². The second-order valence-corrected chi connectivity index (χ2v) is 5.91. The lowest BCUT2D eigenvalue weighted by Gasteiger charge is -2.19. The highest BCUT2D eigenvalue weighted by Gasteiger charge is 2.28. The molecule has 1 atom stereocenters. The van der Waals surface area contributed by atoms with Crippen LogP contribution in [-0.4, -0.2) is 28.0 Å². The molecule has 0 spiro atoms. The number of pyridine rings is 1. The molecule has 5 heteroatoms. The standard InChI is InChI=1S/C19H17FN4/c20-17-18(14-6-2-1-3-7-14)22-13-23-19(17)24-11-9-15(12-24)16-8-4-5-10-21-16/h1-8,10,13,15H,9,11-12H2. The Morgan fingerprint density at radius 2 is 1.79 bits per heavy atom. The molecule has 1 fully saturated rings. The molecule has 0 aliphatic carbocycles. The fraction of sp³-hybridized carbons (Fsp3) is 0.211. The molecule has 1 aromatic carbocycles. The third-order valence-corrected chi connectivity index (χ3v) is 4.41. The molecule has 2 aromatic heterocycles. The Balaban J connectivity index is 1.62. The summed E-state index contributed by atoms with van der Waals surface area (Å²) in [7, 11) is 0. The molecule has 1 aliphatic heterocycles. The van der Waals surface area contributed by atoms with Crippen molar-refractivity contribution in [2.24, 2.45) is 0 Å². The SMILES string of the molecule is Fc1c(-c2ccccc2)ncnc1N1CCC(c2ccccn2)C1. The number of rotatable bonds is 3. The molecular formula is C19H17FN4. The highest BCUT2D eigenvalue weighted by atomic mass is 19.1. The van der Waals surface area contributed by atoms with Crippen molar-refractivity contribution in [1.29, 1.82) is 0 Å². The van der Waals surface area contributed by atoms with Crippen molar-refractivity contribution in [2.45, 2.75) is 12.3 Å². The average molecular weight is 320 g/mol. The number of anilines is 1. The molecule has 0 saturated carbocycles. The second-order valence-electron chi connectivity index (χ2n) is 5.91. The molecular weight excluding hydrogens is 303 g/mol. The summed E-state index contributed by atoms with van der Waals surface area (Å²) in [6.07, 6.45) is 4.19. The quantitative estimate of drug-likeness (QED) is 0.738. The normalized spacial score (nSPS) is 17.2. The lowest BCUT2D eigenvalue weighted by atomic mass is 10.0. The van der Waals surface area contributed by atoms with E-state index in [1.54, 1.807) is 6.20 Å². The zero-order valence-corrected chi connectivity index (χ0v) is 13.1. The summed E-state index contributed by atoms with van der Waals surface area (Å²) in [5.74, 6) is 0.327. The van der Waals surface area contributed by atoms with Gasteiger partial charge in [-0.25, -0.2) is 14.4 Å². The first kappa shape index (κ1) is 14.8. The largest absolute Gasteiger partial charge is 0.353 e. The van der Waals surface area contributed by atoms with E-state index in [4.69, 9.17) is 0 Å². The summed E-state index contributed by atoms with van der Waals surface area (Å²) >= 11 is 0. The van der Waals surface area contributed by atoms with Gasteiger partial charge in [-0.1, -0.05) is 36.4 Å². The van der Waals surface area contributed by atoms with Crippen molar-refractivity contribution in [3.8, 4) is 11.3 Å². The van der Waals surface area contributed by atoms with Crippen LogP contribution < -0.4 is 4.90 Å². The maximum atomic E-state index is 15.0. The van der Waals surface area contributed by atoms with Gasteiger partial charge >= 0.3 is 0 Å². The summed E-state index contributed by atoms with van der Waals surface area (Å²) in [5.41, 5.74) is 2.17. The van der Waals surface area contributed by atoms with Crippen molar-refractivity contribution >= 4 is 5.82 Å². The topological polar surface area (TPSA) is 41.9 Å². The van der Waals surface area contributed by atoms with Gasteiger partial charge in [0.25, 0.3) is 0 Å². The van der Waals surface area contributed by atoms with Crippen LogP contribution in [0.3, 0.4) is 0 Å². The lowest BCUT2D eigenvalue weighted by molar-refractivity contribution is 0.611. The van der Waals surface area contributed by atoms with E-state index >= 15 is 0 Å². The van der Waals surface area contributed by atoms with E-state index in [9.17, 15) is 4.39 Å². The third kappa shape index (κ3) is 2.73. The minimum atomic E-state index is -0.356. The van der Waals surface area contributed by atoms with Gasteiger partial charge in [0, 0.05) is 36.5 Å². The van der Waals surface area contributed by atoms with E-state index in [1.807, 2.05) is 53.4 Å². The highest BCUT2D eigenvalue weighted by Crippen LogP contribution is 2.32. The average Bonchev–Trinajstić information content (AvgIpc) is 3.13. The first-order valence-electron chi connectivity index (χ1n) is 8.04. The van der Waals surface area contributed by atoms with Crippen LogP contribution in [0.5, 0.6) is 0 Å². The maximum Gasteiger partial charge on any atom is 0.191 e. The third-order valence-electron chi connectivity index (χ3n) is 4.41. The van der Waals surface area contributed by atoms with Crippen molar-refractivity contribution in [3.05, 3.63) is 72.6 Å². The van der Waals surface area contributed by atoms with E-state index in [2.05, 4.69) is 15.0 Å². The summed E-state index contributed by atoms with van der Waals surface area (Å²) in [4.78, 5) is 14.7. The fourth-order valence-electron chi connectivity index (χ4n) is 3.19. The fourth-order valence-corrected chi connectivity index (χ4v) is 3.19. The minimum Gasteiger partial charge on any atom is -0.353 e. The van der Waals surface area contributed by atoms with Gasteiger partial charge < -0.3 is 4.90 Å². The number of hydrogen-bond donors (Lipinski definition) is 0. The Morgan fingerprint density at radius 1 is 0.958 bits per heavy atom. The van der Waals surface area contributed by atoms with Crippen LogP contribution in [0.1, 0.15) is 18.0 Å². The summed E-state index contributed by atoms with van der Waals surface area (Å²) in [6.45, 7) is 1.49. The first-order chi connectivity index (χ1) is 11.8. The Hall–Kier alpha value is -2.82. The summed E-state index contributed by atoms with van der Waals surface area (Å²) in [6, 6.07) is 15.3. The zero-order valence-electron chi connectivity index (χ0n) is 13.1. The summed E-state index contributed by atoms with van der Waals surface area (Å²) in [5, 5.41) is 0. The lowest BCUT2D eigenvalue weighted by Crippen LogP contribution is -2.22. The van der Waals surface area contributed by atoms with Gasteiger partial charge in [-0.2, -0.15) is 0 Å². The maximum absolute atomic E-state index is 15.0. The van der Waals surface area contributed by atoms with Gasteiger partial charge in [-0.05, 0) is 18.6 Å². The molecule has 24 heavy (non-hydrogen) atoms. The monoisotopic (exact) mass is 320 g/mol. The van der Waals surface area contributed by atoms with Crippen LogP contribution in [0.2, 0.25) is 0 Å². The number of aromatic nitrogens is 3. The predicted octanol–water partition coefficient (Wildman–Crippen LogP) is 3.67. The molecule has 1 unspecified atom stereocenters. The van der Waals surface area contributed by atoms with Gasteiger partial charge in [0.15, 0.2) is 11.6 Å². The Kier molecular flexibility index (Phi) is 3.91. The molecule has 1 saturated heterocycles. The number of halogens is 1. The molecule has 0 bridgehead atoms. The van der Waals surface area contributed by atoms with Gasteiger partial charge in [0.2, 0.25) is 0 Å². The van der Waals surface area contributed by atoms with E-state index in [0.29, 0.717) is 17.4 Å². The molecule has 0 radical (unpaired) electrons. The van der Waals surface area contributed by atoms with Gasteiger partial charge in [-0.15, -0.1) is 0 Å². The molecule has 3 aromatic rings. The minimum absolute atomic E-state index is 0.306. The smallest absolute Gasteiger partial charge is 0.191 e. The molecule has 0 N–H and O–H groups in total. The van der Waals surface area contributed by atoms with Crippen LogP contribution >= 0.6 is 0 Å². The van der Waals surface area contributed by atoms with Gasteiger partial charge in [0.05, 0.1) is 0 Å². The van der Waals surface area contributed by atoms with Crippen molar-refractivity contribution in [3.63, 3.8) is 0 Å². The highest BCUT2D eigenvalue weighted by molar-refractivity contribution is 5.63. The summed E-state index contributed by atoms with van der Waals surface area (Å²) < 4.78 is 15.0. The van der Waals surface area contributed by atoms with E-state index in [-0.39, 0.29) is 5.82 Å².